The molecule has 0 aromatic carbocycles. The Kier molecular flexibility index (Phi) is 7.85. The van der Waals surface area contributed by atoms with Crippen molar-refractivity contribution in [3.8, 4) is 0 Å². The number of aromatic nitrogens is 2. The molecule has 3 heterocycles. The summed E-state index contributed by atoms with van der Waals surface area (Å²) in [6.07, 6.45) is 4.23. The Bertz CT molecular complexity index is 1060. The number of hydrogen-bond acceptors (Lipinski definition) is 7. The van der Waals surface area contributed by atoms with Crippen LogP contribution in [0.1, 0.15) is 39.7 Å². The third-order valence-electron chi connectivity index (χ3n) is 4.53. The Morgan fingerprint density at radius 2 is 2.03 bits per heavy atom. The number of pyridine rings is 1. The van der Waals surface area contributed by atoms with Crippen molar-refractivity contribution >= 4 is 51.7 Å². The Morgan fingerprint density at radius 3 is 2.74 bits per heavy atom. The number of carbonyl (C=O) groups excluding carboxylic acids is 1. The zero-order valence-electron chi connectivity index (χ0n) is 18.3. The van der Waals surface area contributed by atoms with E-state index in [1.807, 2.05) is 33.8 Å². The molecule has 1 saturated heterocycles. The number of rotatable bonds is 9. The maximum atomic E-state index is 13.2. The van der Waals surface area contributed by atoms with Gasteiger partial charge in [-0.2, -0.15) is 0 Å². The van der Waals surface area contributed by atoms with Gasteiger partial charge in [0.25, 0.3) is 11.5 Å². The van der Waals surface area contributed by atoms with Crippen LogP contribution in [0.25, 0.3) is 11.7 Å². The van der Waals surface area contributed by atoms with Crippen molar-refractivity contribution in [2.45, 2.75) is 40.2 Å². The second-order valence-corrected chi connectivity index (χ2v) is 9.67. The SMILES string of the molecule is CC(C)CN1C(=O)/C(=C/c2c(NCCCOC(C)C)nc3ccccn3c2=O)SC1=S. The molecule has 0 unspecified atom stereocenters. The van der Waals surface area contributed by atoms with Gasteiger partial charge in [0.05, 0.1) is 16.6 Å². The van der Waals surface area contributed by atoms with Crippen LogP contribution >= 0.6 is 24.0 Å². The van der Waals surface area contributed by atoms with E-state index in [4.69, 9.17) is 17.0 Å². The summed E-state index contributed by atoms with van der Waals surface area (Å²) in [5.74, 6) is 0.576. The number of carbonyl (C=O) groups is 1. The fourth-order valence-corrected chi connectivity index (χ4v) is 4.38. The minimum absolute atomic E-state index is 0.169. The van der Waals surface area contributed by atoms with Crippen LogP contribution in [0.2, 0.25) is 0 Å². The number of nitrogens with one attached hydrogen (secondary N) is 1. The number of anilines is 1. The lowest BCUT2D eigenvalue weighted by Crippen LogP contribution is -2.31. The van der Waals surface area contributed by atoms with Crippen molar-refractivity contribution in [1.82, 2.24) is 14.3 Å². The van der Waals surface area contributed by atoms with E-state index in [0.717, 1.165) is 6.42 Å². The lowest BCUT2D eigenvalue weighted by atomic mass is 10.2. The van der Waals surface area contributed by atoms with Gasteiger partial charge in [-0.1, -0.05) is 43.9 Å². The van der Waals surface area contributed by atoms with Gasteiger partial charge in [0.1, 0.15) is 15.8 Å². The Balaban J connectivity index is 1.93. The predicted octanol–water partition coefficient (Wildman–Crippen LogP) is 3.78. The molecular formula is C22H28N4O3S2. The van der Waals surface area contributed by atoms with Crippen LogP contribution in [-0.2, 0) is 9.53 Å². The average molecular weight is 461 g/mol. The first-order valence-electron chi connectivity index (χ1n) is 10.4. The highest BCUT2D eigenvalue weighted by Crippen LogP contribution is 2.33. The molecule has 166 valence electrons. The predicted molar refractivity (Wildman–Crippen MR) is 130 cm³/mol. The number of thiocarbonyl (C=S) groups is 1. The molecule has 2 aromatic rings. The van der Waals surface area contributed by atoms with Gasteiger partial charge in [-0.3, -0.25) is 18.9 Å². The van der Waals surface area contributed by atoms with Crippen LogP contribution in [0.5, 0.6) is 0 Å². The van der Waals surface area contributed by atoms with E-state index in [1.165, 1.54) is 16.2 Å². The second kappa shape index (κ2) is 10.4. The number of nitrogens with zero attached hydrogens (tertiary/aromatic N) is 3. The minimum atomic E-state index is -0.236. The molecular weight excluding hydrogens is 432 g/mol. The molecule has 0 atom stereocenters. The van der Waals surface area contributed by atoms with Crippen molar-refractivity contribution in [3.05, 3.63) is 45.2 Å². The van der Waals surface area contributed by atoms with Crippen LogP contribution in [0.4, 0.5) is 5.82 Å². The van der Waals surface area contributed by atoms with E-state index in [-0.39, 0.29) is 17.6 Å². The number of thioether (sulfide) groups is 1. The van der Waals surface area contributed by atoms with E-state index in [1.54, 1.807) is 29.3 Å². The minimum Gasteiger partial charge on any atom is -0.379 e. The van der Waals surface area contributed by atoms with Crippen LogP contribution in [-0.4, -0.2) is 50.3 Å². The summed E-state index contributed by atoms with van der Waals surface area (Å²) in [5.41, 5.74) is 0.650. The number of ether oxygens (including phenoxy) is 1. The van der Waals surface area contributed by atoms with Crippen molar-refractivity contribution < 1.29 is 9.53 Å². The highest BCUT2D eigenvalue weighted by atomic mass is 32.2. The average Bonchev–Trinajstić information content (AvgIpc) is 2.97. The maximum absolute atomic E-state index is 13.2. The van der Waals surface area contributed by atoms with E-state index in [2.05, 4.69) is 10.3 Å². The number of amides is 1. The van der Waals surface area contributed by atoms with Gasteiger partial charge >= 0.3 is 0 Å². The van der Waals surface area contributed by atoms with Crippen LogP contribution < -0.4 is 10.9 Å². The quantitative estimate of drug-likeness (QED) is 0.347. The second-order valence-electron chi connectivity index (χ2n) is 7.99. The third kappa shape index (κ3) is 5.72. The normalized spacial score (nSPS) is 15.8. The molecule has 1 amide bonds. The molecule has 0 saturated carbocycles. The standard InChI is InChI=1S/C22H28N4O3S2/c1-14(2)13-26-21(28)17(31-22(26)30)12-16-19(23-9-7-11-29-15(3)4)24-18-8-5-6-10-25(18)20(16)27/h5-6,8,10,12,14-15,23H,7,9,11,13H2,1-4H3/b17-12-. The van der Waals surface area contributed by atoms with E-state index >= 15 is 0 Å². The molecule has 1 fully saturated rings. The summed E-state index contributed by atoms with van der Waals surface area (Å²) in [5, 5.41) is 3.25. The first-order chi connectivity index (χ1) is 14.8. The first-order valence-corrected chi connectivity index (χ1v) is 11.6. The lowest BCUT2D eigenvalue weighted by molar-refractivity contribution is -0.122. The Morgan fingerprint density at radius 1 is 1.26 bits per heavy atom. The van der Waals surface area contributed by atoms with E-state index in [0.29, 0.717) is 51.9 Å². The molecule has 1 N–H and O–H groups in total. The summed E-state index contributed by atoms with van der Waals surface area (Å²) in [6, 6.07) is 5.39. The highest BCUT2D eigenvalue weighted by molar-refractivity contribution is 8.26. The van der Waals surface area contributed by atoms with Gasteiger partial charge < -0.3 is 10.1 Å². The van der Waals surface area contributed by atoms with Crippen molar-refractivity contribution in [3.63, 3.8) is 0 Å². The molecule has 7 nitrogen and oxygen atoms in total. The summed E-state index contributed by atoms with van der Waals surface area (Å²) >= 11 is 6.61. The first kappa shape index (κ1) is 23.4. The van der Waals surface area contributed by atoms with Crippen molar-refractivity contribution in [1.29, 1.82) is 0 Å². The molecule has 9 heteroatoms. The van der Waals surface area contributed by atoms with Gasteiger partial charge in [0.2, 0.25) is 0 Å². The van der Waals surface area contributed by atoms with Crippen molar-refractivity contribution in [2.75, 3.05) is 25.0 Å². The summed E-state index contributed by atoms with van der Waals surface area (Å²) < 4.78 is 7.57. The molecule has 0 spiro atoms. The fourth-order valence-electron chi connectivity index (χ4n) is 3.12. The van der Waals surface area contributed by atoms with Gasteiger partial charge in [0.15, 0.2) is 0 Å². The molecule has 2 aromatic heterocycles. The van der Waals surface area contributed by atoms with Gasteiger partial charge in [0, 0.05) is 25.9 Å². The van der Waals surface area contributed by atoms with E-state index in [9.17, 15) is 9.59 Å². The van der Waals surface area contributed by atoms with Gasteiger partial charge in [-0.25, -0.2) is 4.98 Å². The maximum Gasteiger partial charge on any atom is 0.267 e. The van der Waals surface area contributed by atoms with E-state index < -0.39 is 0 Å². The summed E-state index contributed by atoms with van der Waals surface area (Å²) in [7, 11) is 0. The monoisotopic (exact) mass is 460 g/mol. The summed E-state index contributed by atoms with van der Waals surface area (Å²) in [6.45, 7) is 9.81. The van der Waals surface area contributed by atoms with Crippen molar-refractivity contribution in [2.24, 2.45) is 5.92 Å². The number of fused-ring (bicyclic) bond motifs is 1. The largest absolute Gasteiger partial charge is 0.379 e. The molecule has 1 aliphatic heterocycles. The topological polar surface area (TPSA) is 75.9 Å². The summed E-state index contributed by atoms with van der Waals surface area (Å²) in [4.78, 5) is 32.8. The third-order valence-corrected chi connectivity index (χ3v) is 5.91. The fraction of sp³-hybridized carbons (Fsp3) is 0.455. The zero-order chi connectivity index (χ0) is 22.5. The van der Waals surface area contributed by atoms with Gasteiger partial charge in [-0.05, 0) is 44.4 Å². The Hall–Kier alpha value is -2.23. The molecule has 0 radical (unpaired) electrons. The smallest absolute Gasteiger partial charge is 0.267 e. The number of hydrogen-bond donors (Lipinski definition) is 1. The molecule has 3 rings (SSSR count). The molecule has 0 aliphatic carbocycles. The molecule has 31 heavy (non-hydrogen) atoms. The highest BCUT2D eigenvalue weighted by Gasteiger charge is 2.32. The molecule has 0 bridgehead atoms. The Labute approximate surface area is 191 Å². The van der Waals surface area contributed by atoms with Crippen LogP contribution in [0.3, 0.4) is 0 Å². The molecule has 1 aliphatic rings. The lowest BCUT2D eigenvalue weighted by Gasteiger charge is -2.16. The zero-order valence-corrected chi connectivity index (χ0v) is 19.9. The van der Waals surface area contributed by atoms with Crippen LogP contribution in [0, 0.1) is 5.92 Å². The van der Waals surface area contributed by atoms with Crippen LogP contribution in [0.15, 0.2) is 34.1 Å². The van der Waals surface area contributed by atoms with Gasteiger partial charge in [-0.15, -0.1) is 0 Å².